The summed E-state index contributed by atoms with van der Waals surface area (Å²) in [6, 6.07) is 12.4. The number of carbonyl (C=O) groups excluding carboxylic acids is 2. The van der Waals surface area contributed by atoms with E-state index in [0.717, 1.165) is 11.1 Å². The molecule has 27 heavy (non-hydrogen) atoms. The van der Waals surface area contributed by atoms with Gasteiger partial charge in [-0.05, 0) is 50.1 Å². The molecule has 0 saturated carbocycles. The van der Waals surface area contributed by atoms with E-state index in [2.05, 4.69) is 0 Å². The molecule has 0 N–H and O–H groups in total. The number of hydrogen-bond acceptors (Lipinski definition) is 5. The first-order chi connectivity index (χ1) is 12.9. The number of nitrogens with zero attached hydrogens (tertiary/aromatic N) is 1. The number of carbonyl (C=O) groups is 2. The van der Waals surface area contributed by atoms with E-state index in [0.29, 0.717) is 16.7 Å². The lowest BCUT2D eigenvalue weighted by molar-refractivity contribution is -0.146. The van der Waals surface area contributed by atoms with E-state index in [1.807, 2.05) is 19.9 Å². The van der Waals surface area contributed by atoms with Gasteiger partial charge >= 0.3 is 11.7 Å². The van der Waals surface area contributed by atoms with Crippen LogP contribution in [-0.2, 0) is 16.1 Å². The molecule has 2 aromatic carbocycles. The van der Waals surface area contributed by atoms with Gasteiger partial charge in [-0.3, -0.25) is 14.2 Å². The number of para-hydroxylation sites is 2. The van der Waals surface area contributed by atoms with Gasteiger partial charge in [-0.25, -0.2) is 4.79 Å². The highest BCUT2D eigenvalue weighted by molar-refractivity contribution is 6.00. The minimum atomic E-state index is -0.891. The number of esters is 1. The van der Waals surface area contributed by atoms with Crippen LogP contribution in [0.2, 0.25) is 0 Å². The Morgan fingerprint density at radius 3 is 2.59 bits per heavy atom. The van der Waals surface area contributed by atoms with Crippen molar-refractivity contribution in [2.45, 2.75) is 39.8 Å². The topological polar surface area (TPSA) is 78.5 Å². The van der Waals surface area contributed by atoms with Crippen molar-refractivity contribution in [1.82, 2.24) is 4.57 Å². The zero-order valence-electron chi connectivity index (χ0n) is 15.5. The van der Waals surface area contributed by atoms with Gasteiger partial charge in [0.25, 0.3) is 0 Å². The Balaban J connectivity index is 1.63. The van der Waals surface area contributed by atoms with Crippen molar-refractivity contribution < 1.29 is 18.7 Å². The third-order valence-electron chi connectivity index (χ3n) is 4.58. The molecule has 0 saturated heterocycles. The Labute approximate surface area is 156 Å². The van der Waals surface area contributed by atoms with E-state index in [1.165, 1.54) is 4.57 Å². The highest BCUT2D eigenvalue weighted by Crippen LogP contribution is 2.14. The fraction of sp³-hybridized carbons (Fsp3) is 0.286. The molecule has 3 rings (SSSR count). The summed E-state index contributed by atoms with van der Waals surface area (Å²) in [5.74, 6) is -1.32. The van der Waals surface area contributed by atoms with Gasteiger partial charge in [-0.15, -0.1) is 0 Å². The number of fused-ring (bicyclic) bond motifs is 1. The molecule has 3 aromatic rings. The number of aromatic nitrogens is 1. The van der Waals surface area contributed by atoms with Crippen LogP contribution in [0, 0.1) is 13.8 Å². The number of rotatable bonds is 6. The number of benzene rings is 2. The zero-order valence-corrected chi connectivity index (χ0v) is 15.5. The van der Waals surface area contributed by atoms with Crippen LogP contribution in [0.4, 0.5) is 0 Å². The number of oxazole rings is 1. The van der Waals surface area contributed by atoms with E-state index in [-0.39, 0.29) is 18.7 Å². The molecule has 0 spiro atoms. The molecule has 1 atom stereocenters. The minimum absolute atomic E-state index is 0.0338. The van der Waals surface area contributed by atoms with E-state index in [1.54, 1.807) is 43.3 Å². The Bertz CT molecular complexity index is 1060. The third kappa shape index (κ3) is 4.00. The number of ether oxygens (including phenoxy) is 1. The Morgan fingerprint density at radius 1 is 1.11 bits per heavy atom. The van der Waals surface area contributed by atoms with E-state index in [9.17, 15) is 14.4 Å². The van der Waals surface area contributed by atoms with Gasteiger partial charge in [-0.1, -0.05) is 24.3 Å². The second kappa shape index (κ2) is 7.61. The van der Waals surface area contributed by atoms with Crippen molar-refractivity contribution >= 4 is 22.9 Å². The maximum atomic E-state index is 12.5. The second-order valence-corrected chi connectivity index (χ2v) is 6.53. The summed E-state index contributed by atoms with van der Waals surface area (Å²) in [4.78, 5) is 36.5. The highest BCUT2D eigenvalue weighted by Gasteiger charge is 2.20. The molecule has 1 unspecified atom stereocenters. The van der Waals surface area contributed by atoms with Gasteiger partial charge < -0.3 is 9.15 Å². The van der Waals surface area contributed by atoms with Gasteiger partial charge in [-0.2, -0.15) is 0 Å². The fourth-order valence-electron chi connectivity index (χ4n) is 2.87. The normalized spacial score (nSPS) is 12.1. The van der Waals surface area contributed by atoms with Crippen molar-refractivity contribution in [2.75, 3.05) is 0 Å². The molecule has 0 aliphatic heterocycles. The fourth-order valence-corrected chi connectivity index (χ4v) is 2.87. The van der Waals surface area contributed by atoms with Gasteiger partial charge in [0.2, 0.25) is 5.78 Å². The third-order valence-corrected chi connectivity index (χ3v) is 4.58. The number of aryl methyl sites for hydroxylation is 3. The zero-order chi connectivity index (χ0) is 19.6. The van der Waals surface area contributed by atoms with Crippen molar-refractivity contribution in [3.63, 3.8) is 0 Å². The predicted molar refractivity (Wildman–Crippen MR) is 101 cm³/mol. The van der Waals surface area contributed by atoms with E-state index in [4.69, 9.17) is 9.15 Å². The van der Waals surface area contributed by atoms with Gasteiger partial charge in [0.15, 0.2) is 11.7 Å². The maximum Gasteiger partial charge on any atom is 0.419 e. The molecule has 0 fully saturated rings. The minimum Gasteiger partial charge on any atom is -0.454 e. The Morgan fingerprint density at radius 2 is 1.85 bits per heavy atom. The van der Waals surface area contributed by atoms with Crippen LogP contribution in [0.5, 0.6) is 0 Å². The lowest BCUT2D eigenvalue weighted by Crippen LogP contribution is -2.26. The molecule has 1 heterocycles. The summed E-state index contributed by atoms with van der Waals surface area (Å²) in [6.07, 6.45) is -0.925. The van der Waals surface area contributed by atoms with Crippen LogP contribution in [0.15, 0.2) is 51.7 Å². The van der Waals surface area contributed by atoms with Crippen molar-refractivity contribution in [2.24, 2.45) is 0 Å². The number of Topliss-reactive ketones (excluding diaryl/α,β-unsaturated/α-hetero) is 1. The summed E-state index contributed by atoms with van der Waals surface area (Å²) in [7, 11) is 0. The average Bonchev–Trinajstić information content (AvgIpc) is 2.96. The van der Waals surface area contributed by atoms with Crippen molar-refractivity contribution in [3.05, 3.63) is 69.7 Å². The SMILES string of the molecule is Cc1ccc(C(=O)C(C)OC(=O)CCn2c(=O)oc3ccccc32)cc1C. The number of ketones is 1. The molecule has 1 aromatic heterocycles. The summed E-state index contributed by atoms with van der Waals surface area (Å²) in [6.45, 7) is 5.57. The predicted octanol–water partition coefficient (Wildman–Crippen LogP) is 3.42. The van der Waals surface area contributed by atoms with Gasteiger partial charge in [0.05, 0.1) is 11.9 Å². The van der Waals surface area contributed by atoms with Crippen LogP contribution in [0.1, 0.15) is 34.8 Å². The Kier molecular flexibility index (Phi) is 5.26. The molecule has 0 aliphatic rings. The molecule has 140 valence electrons. The molecular formula is C21H21NO5. The standard InChI is InChI=1S/C21H21NO5/c1-13-8-9-16(12-14(13)2)20(24)15(3)26-19(23)10-11-22-17-6-4-5-7-18(17)27-21(22)25/h4-9,12,15H,10-11H2,1-3H3. The van der Waals surface area contributed by atoms with Gasteiger partial charge in [0.1, 0.15) is 0 Å². The summed E-state index contributed by atoms with van der Waals surface area (Å²) < 4.78 is 11.8. The average molecular weight is 367 g/mol. The van der Waals surface area contributed by atoms with Crippen LogP contribution in [-0.4, -0.2) is 22.4 Å². The Hall–Kier alpha value is -3.15. The summed E-state index contributed by atoms with van der Waals surface area (Å²) in [5, 5.41) is 0. The van der Waals surface area contributed by atoms with Crippen molar-refractivity contribution in [3.8, 4) is 0 Å². The molecular weight excluding hydrogens is 346 g/mol. The largest absolute Gasteiger partial charge is 0.454 e. The molecule has 6 heteroatoms. The number of hydrogen-bond donors (Lipinski definition) is 0. The molecule has 0 bridgehead atoms. The van der Waals surface area contributed by atoms with Crippen LogP contribution in [0.25, 0.3) is 11.1 Å². The first-order valence-electron chi connectivity index (χ1n) is 8.76. The smallest absolute Gasteiger partial charge is 0.419 e. The van der Waals surface area contributed by atoms with Crippen LogP contribution in [0.3, 0.4) is 0 Å². The lowest BCUT2D eigenvalue weighted by atomic mass is 10.0. The van der Waals surface area contributed by atoms with E-state index >= 15 is 0 Å². The highest BCUT2D eigenvalue weighted by atomic mass is 16.5. The quantitative estimate of drug-likeness (QED) is 0.493. The lowest BCUT2D eigenvalue weighted by Gasteiger charge is -2.13. The van der Waals surface area contributed by atoms with Gasteiger partial charge in [0, 0.05) is 12.1 Å². The second-order valence-electron chi connectivity index (χ2n) is 6.53. The molecule has 0 radical (unpaired) electrons. The molecule has 0 amide bonds. The molecule has 6 nitrogen and oxygen atoms in total. The molecule has 0 aliphatic carbocycles. The summed E-state index contributed by atoms with van der Waals surface area (Å²) >= 11 is 0. The first-order valence-corrected chi connectivity index (χ1v) is 8.76. The summed E-state index contributed by atoms with van der Waals surface area (Å²) in [5.41, 5.74) is 3.69. The maximum absolute atomic E-state index is 12.5. The van der Waals surface area contributed by atoms with Crippen LogP contribution >= 0.6 is 0 Å². The first kappa shape index (κ1) is 18.6. The van der Waals surface area contributed by atoms with Crippen LogP contribution < -0.4 is 5.76 Å². The monoisotopic (exact) mass is 367 g/mol. The van der Waals surface area contributed by atoms with Crippen molar-refractivity contribution in [1.29, 1.82) is 0 Å². The van der Waals surface area contributed by atoms with E-state index < -0.39 is 17.8 Å².